The van der Waals surface area contributed by atoms with Crippen molar-refractivity contribution in [2.24, 2.45) is 0 Å². The SMILES string of the molecule is CN1CCCC[C@H]1CC(=O)N1CCN(CCCCO)CC1. The molecule has 5 nitrogen and oxygen atoms in total. The van der Waals surface area contributed by atoms with Crippen LogP contribution in [0.15, 0.2) is 0 Å². The standard InChI is InChI=1S/C16H31N3O2/c1-17-7-3-2-6-15(17)14-16(21)19-11-9-18(10-12-19)8-4-5-13-20/h15,20H,2-14H2,1H3/t15-/m0/s1. The van der Waals surface area contributed by atoms with Gasteiger partial charge in [0, 0.05) is 45.2 Å². The van der Waals surface area contributed by atoms with Crippen molar-refractivity contribution in [1.82, 2.24) is 14.7 Å². The number of hydrogen-bond donors (Lipinski definition) is 1. The molecule has 2 saturated heterocycles. The monoisotopic (exact) mass is 297 g/mol. The number of carbonyl (C=O) groups excluding carboxylic acids is 1. The molecule has 2 rings (SSSR count). The summed E-state index contributed by atoms with van der Waals surface area (Å²) in [6, 6.07) is 0.453. The van der Waals surface area contributed by atoms with Gasteiger partial charge in [-0.3, -0.25) is 9.69 Å². The molecule has 5 heteroatoms. The van der Waals surface area contributed by atoms with E-state index in [9.17, 15) is 4.79 Å². The fourth-order valence-electron chi connectivity index (χ4n) is 3.40. The number of piperidine rings is 1. The molecule has 2 aliphatic rings. The Bertz CT molecular complexity index is 317. The van der Waals surface area contributed by atoms with Crippen LogP contribution < -0.4 is 0 Å². The lowest BCUT2D eigenvalue weighted by Gasteiger charge is -2.37. The predicted octanol–water partition coefficient (Wildman–Crippen LogP) is 0.778. The van der Waals surface area contributed by atoms with Gasteiger partial charge in [-0.25, -0.2) is 0 Å². The second-order valence-electron chi connectivity index (χ2n) is 6.49. The molecule has 0 bridgehead atoms. The van der Waals surface area contributed by atoms with E-state index in [1.54, 1.807) is 0 Å². The highest BCUT2D eigenvalue weighted by Gasteiger charge is 2.26. The van der Waals surface area contributed by atoms with Gasteiger partial charge < -0.3 is 14.9 Å². The lowest BCUT2D eigenvalue weighted by molar-refractivity contribution is -0.134. The molecule has 0 aromatic heterocycles. The molecule has 2 aliphatic heterocycles. The molecule has 1 N–H and O–H groups in total. The van der Waals surface area contributed by atoms with Crippen molar-refractivity contribution in [2.45, 2.75) is 44.6 Å². The second-order valence-corrected chi connectivity index (χ2v) is 6.49. The highest BCUT2D eigenvalue weighted by molar-refractivity contribution is 5.77. The maximum atomic E-state index is 12.4. The molecular formula is C16H31N3O2. The Labute approximate surface area is 128 Å². The first-order valence-corrected chi connectivity index (χ1v) is 8.52. The van der Waals surface area contributed by atoms with Crippen LogP contribution in [0, 0.1) is 0 Å². The van der Waals surface area contributed by atoms with Crippen LogP contribution in [-0.2, 0) is 4.79 Å². The average Bonchev–Trinajstić information content (AvgIpc) is 2.50. The van der Waals surface area contributed by atoms with Crippen LogP contribution in [0.2, 0.25) is 0 Å². The Kier molecular flexibility index (Phi) is 6.93. The Morgan fingerprint density at radius 1 is 1.10 bits per heavy atom. The fourth-order valence-corrected chi connectivity index (χ4v) is 3.40. The highest BCUT2D eigenvalue weighted by atomic mass is 16.2. The first-order chi connectivity index (χ1) is 10.2. The Hall–Kier alpha value is -0.650. The topological polar surface area (TPSA) is 47.0 Å². The molecule has 21 heavy (non-hydrogen) atoms. The molecule has 1 amide bonds. The number of aliphatic hydroxyl groups excluding tert-OH is 1. The van der Waals surface area contributed by atoms with Crippen molar-refractivity contribution in [1.29, 1.82) is 0 Å². The number of carbonyl (C=O) groups is 1. The summed E-state index contributed by atoms with van der Waals surface area (Å²) in [6.45, 7) is 6.18. The molecule has 0 saturated carbocycles. The van der Waals surface area contributed by atoms with Crippen molar-refractivity contribution in [2.75, 3.05) is 52.9 Å². The number of hydrogen-bond acceptors (Lipinski definition) is 4. The van der Waals surface area contributed by atoms with E-state index in [1.807, 2.05) is 4.90 Å². The van der Waals surface area contributed by atoms with Crippen molar-refractivity contribution in [3.05, 3.63) is 0 Å². The van der Waals surface area contributed by atoms with Gasteiger partial charge >= 0.3 is 0 Å². The number of rotatable bonds is 6. The van der Waals surface area contributed by atoms with Gasteiger partial charge in [-0.2, -0.15) is 0 Å². The first kappa shape index (κ1) is 16.7. The van der Waals surface area contributed by atoms with E-state index in [0.717, 1.165) is 52.1 Å². The van der Waals surface area contributed by atoms with Gasteiger partial charge in [0.15, 0.2) is 0 Å². The molecule has 0 radical (unpaired) electrons. The molecule has 2 fully saturated rings. The van der Waals surface area contributed by atoms with Crippen molar-refractivity contribution < 1.29 is 9.90 Å². The highest BCUT2D eigenvalue weighted by Crippen LogP contribution is 2.19. The van der Waals surface area contributed by atoms with Crippen LogP contribution in [0.4, 0.5) is 0 Å². The Balaban J connectivity index is 1.67. The van der Waals surface area contributed by atoms with Crippen LogP contribution in [0.1, 0.15) is 38.5 Å². The minimum absolute atomic E-state index is 0.285. The number of likely N-dealkylation sites (tertiary alicyclic amines) is 1. The van der Waals surface area contributed by atoms with Crippen LogP contribution in [0.5, 0.6) is 0 Å². The summed E-state index contributed by atoms with van der Waals surface area (Å²) >= 11 is 0. The van der Waals surface area contributed by atoms with Gasteiger partial charge in [-0.15, -0.1) is 0 Å². The predicted molar refractivity (Wildman–Crippen MR) is 84.2 cm³/mol. The number of amides is 1. The van der Waals surface area contributed by atoms with E-state index in [4.69, 9.17) is 5.11 Å². The molecule has 1 atom stereocenters. The van der Waals surface area contributed by atoms with Crippen molar-refractivity contribution in [3.63, 3.8) is 0 Å². The number of aliphatic hydroxyl groups is 1. The number of unbranched alkanes of at least 4 members (excludes halogenated alkanes) is 1. The van der Waals surface area contributed by atoms with E-state index in [2.05, 4.69) is 16.8 Å². The largest absolute Gasteiger partial charge is 0.396 e. The Morgan fingerprint density at radius 3 is 2.52 bits per heavy atom. The van der Waals surface area contributed by atoms with E-state index in [-0.39, 0.29) is 6.61 Å². The minimum Gasteiger partial charge on any atom is -0.396 e. The summed E-state index contributed by atoms with van der Waals surface area (Å²) < 4.78 is 0. The third-order valence-electron chi connectivity index (χ3n) is 4.94. The smallest absolute Gasteiger partial charge is 0.224 e. The summed E-state index contributed by atoms with van der Waals surface area (Å²) in [5.41, 5.74) is 0. The third-order valence-corrected chi connectivity index (χ3v) is 4.94. The average molecular weight is 297 g/mol. The number of nitrogens with zero attached hydrogens (tertiary/aromatic N) is 3. The molecule has 0 aromatic carbocycles. The van der Waals surface area contributed by atoms with Gasteiger partial charge in [-0.05, 0) is 45.8 Å². The van der Waals surface area contributed by atoms with Gasteiger partial charge in [0.1, 0.15) is 0 Å². The number of piperazine rings is 1. The van der Waals surface area contributed by atoms with E-state index in [0.29, 0.717) is 18.4 Å². The lowest BCUT2D eigenvalue weighted by atomic mass is 9.99. The molecule has 0 spiro atoms. The van der Waals surface area contributed by atoms with Gasteiger partial charge in [0.25, 0.3) is 0 Å². The fraction of sp³-hybridized carbons (Fsp3) is 0.938. The molecule has 0 unspecified atom stereocenters. The molecule has 0 aliphatic carbocycles. The molecular weight excluding hydrogens is 266 g/mol. The van der Waals surface area contributed by atoms with E-state index in [1.165, 1.54) is 19.3 Å². The molecule has 0 aromatic rings. The van der Waals surface area contributed by atoms with Crippen molar-refractivity contribution >= 4 is 5.91 Å². The van der Waals surface area contributed by atoms with Gasteiger partial charge in [-0.1, -0.05) is 6.42 Å². The molecule has 2 heterocycles. The third kappa shape index (κ3) is 5.24. The first-order valence-electron chi connectivity index (χ1n) is 8.52. The van der Waals surface area contributed by atoms with Gasteiger partial charge in [0.05, 0.1) is 0 Å². The van der Waals surface area contributed by atoms with E-state index >= 15 is 0 Å². The summed E-state index contributed by atoms with van der Waals surface area (Å²) in [6.07, 6.45) is 6.34. The van der Waals surface area contributed by atoms with Crippen molar-refractivity contribution in [3.8, 4) is 0 Å². The summed E-state index contributed by atoms with van der Waals surface area (Å²) in [4.78, 5) is 19.2. The Morgan fingerprint density at radius 2 is 1.86 bits per heavy atom. The van der Waals surface area contributed by atoms with Crippen LogP contribution in [-0.4, -0.2) is 84.7 Å². The maximum Gasteiger partial charge on any atom is 0.224 e. The molecule has 122 valence electrons. The maximum absolute atomic E-state index is 12.4. The normalized spacial score (nSPS) is 25.2. The zero-order chi connectivity index (χ0) is 15.1. The summed E-state index contributed by atoms with van der Waals surface area (Å²) in [5.74, 6) is 0.337. The summed E-state index contributed by atoms with van der Waals surface area (Å²) in [5, 5.41) is 8.81. The lowest BCUT2D eigenvalue weighted by Crippen LogP contribution is -2.50. The second kappa shape index (κ2) is 8.71. The van der Waals surface area contributed by atoms with Crippen LogP contribution >= 0.6 is 0 Å². The van der Waals surface area contributed by atoms with Crippen LogP contribution in [0.25, 0.3) is 0 Å². The van der Waals surface area contributed by atoms with E-state index < -0.39 is 0 Å². The zero-order valence-corrected chi connectivity index (χ0v) is 13.5. The zero-order valence-electron chi connectivity index (χ0n) is 13.5. The van der Waals surface area contributed by atoms with Gasteiger partial charge in [0.2, 0.25) is 5.91 Å². The quantitative estimate of drug-likeness (QED) is 0.736. The van der Waals surface area contributed by atoms with Crippen LogP contribution in [0.3, 0.4) is 0 Å². The minimum atomic E-state index is 0.285. The summed E-state index contributed by atoms with van der Waals surface area (Å²) in [7, 11) is 2.15.